The Hall–Kier alpha value is -1.13. The van der Waals surface area contributed by atoms with Crippen LogP contribution in [0.25, 0.3) is 0 Å². The van der Waals surface area contributed by atoms with Gasteiger partial charge in [-0.15, -0.1) is 0 Å². The minimum atomic E-state index is -0.287. The Bertz CT molecular complexity index is 449. The van der Waals surface area contributed by atoms with Gasteiger partial charge in [0.2, 0.25) is 5.91 Å². The van der Waals surface area contributed by atoms with Crippen LogP contribution in [0.4, 0.5) is 4.39 Å². The molecule has 1 aromatic rings. The molecule has 1 amide bonds. The van der Waals surface area contributed by atoms with Crippen LogP contribution in [0.5, 0.6) is 0 Å². The average molecular weight is 285 g/mol. The maximum Gasteiger partial charge on any atom is 0.220 e. The molecule has 1 saturated carbocycles. The van der Waals surface area contributed by atoms with E-state index in [0.717, 1.165) is 24.8 Å². The zero-order chi connectivity index (χ0) is 13.7. The van der Waals surface area contributed by atoms with Crippen LogP contribution in [0.1, 0.15) is 31.2 Å². The van der Waals surface area contributed by atoms with Crippen LogP contribution in [0.15, 0.2) is 18.2 Å². The molecule has 0 unspecified atom stereocenters. The molecule has 5 heteroatoms. The molecule has 1 fully saturated rings. The van der Waals surface area contributed by atoms with Crippen LogP contribution in [-0.2, 0) is 11.3 Å². The van der Waals surface area contributed by atoms with Crippen LogP contribution >= 0.6 is 11.6 Å². The first-order chi connectivity index (χ1) is 9.15. The Labute approximate surface area is 117 Å². The molecule has 1 aliphatic carbocycles. The maximum absolute atomic E-state index is 13.0. The van der Waals surface area contributed by atoms with E-state index in [-0.39, 0.29) is 11.7 Å². The SMILES string of the molecule is O=C(CCCNCc1cc(F)ccc1Cl)NC1CC1. The third kappa shape index (κ3) is 5.17. The Morgan fingerprint density at radius 1 is 1.42 bits per heavy atom. The Kier molecular flexibility index (Phi) is 5.16. The van der Waals surface area contributed by atoms with Crippen molar-refractivity contribution in [3.8, 4) is 0 Å². The molecule has 104 valence electrons. The van der Waals surface area contributed by atoms with E-state index in [1.54, 1.807) is 6.07 Å². The molecule has 0 atom stereocenters. The summed E-state index contributed by atoms with van der Waals surface area (Å²) < 4.78 is 13.0. The molecule has 0 heterocycles. The predicted molar refractivity (Wildman–Crippen MR) is 73.5 cm³/mol. The molecule has 0 aliphatic heterocycles. The first kappa shape index (κ1) is 14.3. The van der Waals surface area contributed by atoms with E-state index in [2.05, 4.69) is 10.6 Å². The molecule has 0 saturated heterocycles. The maximum atomic E-state index is 13.0. The molecule has 0 spiro atoms. The highest BCUT2D eigenvalue weighted by Crippen LogP contribution is 2.18. The van der Waals surface area contributed by atoms with Crippen LogP contribution < -0.4 is 10.6 Å². The van der Waals surface area contributed by atoms with Gasteiger partial charge in [-0.05, 0) is 49.6 Å². The van der Waals surface area contributed by atoms with Crippen molar-refractivity contribution in [2.24, 2.45) is 0 Å². The second-order valence-corrected chi connectivity index (χ2v) is 5.27. The van der Waals surface area contributed by atoms with Gasteiger partial charge in [-0.2, -0.15) is 0 Å². The van der Waals surface area contributed by atoms with Crippen molar-refractivity contribution < 1.29 is 9.18 Å². The van der Waals surface area contributed by atoms with Gasteiger partial charge < -0.3 is 10.6 Å². The van der Waals surface area contributed by atoms with Crippen molar-refractivity contribution in [1.82, 2.24) is 10.6 Å². The lowest BCUT2D eigenvalue weighted by molar-refractivity contribution is -0.121. The molecule has 1 aromatic carbocycles. The van der Waals surface area contributed by atoms with Gasteiger partial charge in [-0.25, -0.2) is 4.39 Å². The van der Waals surface area contributed by atoms with E-state index >= 15 is 0 Å². The highest BCUT2D eigenvalue weighted by molar-refractivity contribution is 6.31. The number of nitrogens with one attached hydrogen (secondary N) is 2. The van der Waals surface area contributed by atoms with Crippen molar-refractivity contribution in [1.29, 1.82) is 0 Å². The van der Waals surface area contributed by atoms with E-state index in [4.69, 9.17) is 11.6 Å². The average Bonchev–Trinajstić information content (AvgIpc) is 3.17. The number of carbonyl (C=O) groups is 1. The molecule has 0 aromatic heterocycles. The summed E-state index contributed by atoms with van der Waals surface area (Å²) in [5, 5.41) is 6.66. The number of carbonyl (C=O) groups excluding carboxylic acids is 1. The first-order valence-corrected chi connectivity index (χ1v) is 6.97. The van der Waals surface area contributed by atoms with Gasteiger partial charge >= 0.3 is 0 Å². The molecular formula is C14H18ClFN2O. The van der Waals surface area contributed by atoms with Gasteiger partial charge in [0.05, 0.1) is 0 Å². The van der Waals surface area contributed by atoms with E-state index in [1.165, 1.54) is 12.1 Å². The second kappa shape index (κ2) is 6.87. The lowest BCUT2D eigenvalue weighted by Crippen LogP contribution is -2.26. The lowest BCUT2D eigenvalue weighted by Gasteiger charge is -2.07. The zero-order valence-electron chi connectivity index (χ0n) is 10.7. The van der Waals surface area contributed by atoms with E-state index in [9.17, 15) is 9.18 Å². The highest BCUT2D eigenvalue weighted by atomic mass is 35.5. The summed E-state index contributed by atoms with van der Waals surface area (Å²) >= 11 is 5.95. The monoisotopic (exact) mass is 284 g/mol. The van der Waals surface area contributed by atoms with Gasteiger partial charge in [-0.3, -0.25) is 4.79 Å². The van der Waals surface area contributed by atoms with E-state index in [1.807, 2.05) is 0 Å². The second-order valence-electron chi connectivity index (χ2n) is 4.86. The van der Waals surface area contributed by atoms with Crippen LogP contribution in [0, 0.1) is 5.82 Å². The summed E-state index contributed by atoms with van der Waals surface area (Å²) in [7, 11) is 0. The number of hydrogen-bond donors (Lipinski definition) is 2. The Morgan fingerprint density at radius 2 is 2.21 bits per heavy atom. The molecule has 0 bridgehead atoms. The lowest BCUT2D eigenvalue weighted by atomic mass is 10.2. The number of amides is 1. The fourth-order valence-corrected chi connectivity index (χ4v) is 1.99. The summed E-state index contributed by atoms with van der Waals surface area (Å²) in [6, 6.07) is 4.74. The summed E-state index contributed by atoms with van der Waals surface area (Å²) in [5.41, 5.74) is 0.740. The minimum Gasteiger partial charge on any atom is -0.353 e. The molecule has 2 N–H and O–H groups in total. The summed E-state index contributed by atoms with van der Waals surface area (Å²) in [4.78, 5) is 11.4. The number of benzene rings is 1. The van der Waals surface area contributed by atoms with Crippen molar-refractivity contribution in [2.75, 3.05) is 6.54 Å². The smallest absolute Gasteiger partial charge is 0.220 e. The van der Waals surface area contributed by atoms with E-state index in [0.29, 0.717) is 30.6 Å². The van der Waals surface area contributed by atoms with E-state index < -0.39 is 0 Å². The van der Waals surface area contributed by atoms with Crippen molar-refractivity contribution in [3.63, 3.8) is 0 Å². The molecule has 3 nitrogen and oxygen atoms in total. The fourth-order valence-electron chi connectivity index (χ4n) is 1.80. The quantitative estimate of drug-likeness (QED) is 0.756. The number of hydrogen-bond acceptors (Lipinski definition) is 2. The van der Waals surface area contributed by atoms with Gasteiger partial charge in [-0.1, -0.05) is 11.6 Å². The highest BCUT2D eigenvalue weighted by Gasteiger charge is 2.22. The van der Waals surface area contributed by atoms with Crippen molar-refractivity contribution >= 4 is 17.5 Å². The standard InChI is InChI=1S/C14H18ClFN2O/c15-13-6-3-11(16)8-10(13)9-17-7-1-2-14(19)18-12-4-5-12/h3,6,8,12,17H,1-2,4-5,7,9H2,(H,18,19). The Balaban J connectivity index is 1.60. The van der Waals surface area contributed by atoms with Gasteiger partial charge in [0.15, 0.2) is 0 Å². The van der Waals surface area contributed by atoms with Gasteiger partial charge in [0.1, 0.15) is 5.82 Å². The molecule has 1 aliphatic rings. The van der Waals surface area contributed by atoms with Crippen molar-refractivity contribution in [3.05, 3.63) is 34.6 Å². The van der Waals surface area contributed by atoms with Crippen LogP contribution in [-0.4, -0.2) is 18.5 Å². The number of rotatable bonds is 7. The Morgan fingerprint density at radius 3 is 2.95 bits per heavy atom. The topological polar surface area (TPSA) is 41.1 Å². The van der Waals surface area contributed by atoms with Crippen LogP contribution in [0.2, 0.25) is 5.02 Å². The summed E-state index contributed by atoms with van der Waals surface area (Å²) in [6.07, 6.45) is 3.52. The fraction of sp³-hybridized carbons (Fsp3) is 0.500. The molecule has 19 heavy (non-hydrogen) atoms. The molecule has 2 rings (SSSR count). The predicted octanol–water partition coefficient (Wildman–Crippen LogP) is 2.63. The zero-order valence-corrected chi connectivity index (χ0v) is 11.5. The molecule has 0 radical (unpaired) electrons. The first-order valence-electron chi connectivity index (χ1n) is 6.59. The van der Waals surface area contributed by atoms with Crippen molar-refractivity contribution in [2.45, 2.75) is 38.3 Å². The van der Waals surface area contributed by atoms with Gasteiger partial charge in [0.25, 0.3) is 0 Å². The minimum absolute atomic E-state index is 0.119. The van der Waals surface area contributed by atoms with Gasteiger partial charge in [0, 0.05) is 24.0 Å². The third-order valence-corrected chi connectivity index (χ3v) is 3.39. The summed E-state index contributed by atoms with van der Waals surface area (Å²) in [6.45, 7) is 1.23. The number of halogens is 2. The third-order valence-electron chi connectivity index (χ3n) is 3.02. The van der Waals surface area contributed by atoms with Crippen LogP contribution in [0.3, 0.4) is 0 Å². The summed E-state index contributed by atoms with van der Waals surface area (Å²) in [5.74, 6) is -0.168. The largest absolute Gasteiger partial charge is 0.353 e. The normalized spacial score (nSPS) is 14.4. The molecular weight excluding hydrogens is 267 g/mol.